The molecular formula is C12H12BrCl2NO3S. The fourth-order valence-electron chi connectivity index (χ4n) is 1.87. The second-order valence-corrected chi connectivity index (χ2v) is 8.60. The number of halogens is 3. The molecule has 1 aliphatic rings. The number of carbonyl (C=O) groups is 1. The molecule has 2 rings (SSSR count). The molecule has 1 saturated carbocycles. The van der Waals surface area contributed by atoms with Crippen molar-refractivity contribution < 1.29 is 13.2 Å². The molecule has 0 aliphatic heterocycles. The van der Waals surface area contributed by atoms with E-state index in [1.54, 1.807) is 0 Å². The van der Waals surface area contributed by atoms with Gasteiger partial charge in [0.15, 0.2) is 0 Å². The highest BCUT2D eigenvalue weighted by atomic mass is 79.9. The van der Waals surface area contributed by atoms with Gasteiger partial charge < -0.3 is 5.32 Å². The molecule has 0 saturated heterocycles. The maximum Gasteiger partial charge on any atom is 0.261 e. The van der Waals surface area contributed by atoms with E-state index in [1.165, 1.54) is 12.1 Å². The highest BCUT2D eigenvalue weighted by molar-refractivity contribution is 9.10. The van der Waals surface area contributed by atoms with E-state index >= 15 is 0 Å². The van der Waals surface area contributed by atoms with E-state index in [9.17, 15) is 13.2 Å². The fraction of sp³-hybridized carbons (Fsp3) is 0.417. The lowest BCUT2D eigenvalue weighted by Crippen LogP contribution is -2.34. The van der Waals surface area contributed by atoms with Crippen LogP contribution in [0.25, 0.3) is 0 Å². The standard InChI is InChI=1S/C12H12BrCl2NO3S/c1-6(7-2-3-7)16-12(17)9-4-8(20(15,18)19)5-10(13)11(9)14/h4-7H,2-3H2,1H3,(H,16,17). The maximum atomic E-state index is 12.2. The van der Waals surface area contributed by atoms with Crippen molar-refractivity contribution >= 4 is 53.2 Å². The minimum Gasteiger partial charge on any atom is -0.349 e. The number of hydrogen-bond donors (Lipinski definition) is 1. The molecule has 1 unspecified atom stereocenters. The summed E-state index contributed by atoms with van der Waals surface area (Å²) < 4.78 is 23.1. The Morgan fingerprint density at radius 1 is 1.45 bits per heavy atom. The van der Waals surface area contributed by atoms with Gasteiger partial charge in [-0.05, 0) is 53.7 Å². The maximum absolute atomic E-state index is 12.2. The Kier molecular flexibility index (Phi) is 4.69. The summed E-state index contributed by atoms with van der Waals surface area (Å²) in [6, 6.07) is 2.49. The Bertz CT molecular complexity index is 659. The van der Waals surface area contributed by atoms with Crippen LogP contribution in [-0.2, 0) is 9.05 Å². The second-order valence-electron chi connectivity index (χ2n) is 4.80. The lowest BCUT2D eigenvalue weighted by molar-refractivity contribution is 0.0935. The number of nitrogens with one attached hydrogen (secondary N) is 1. The Morgan fingerprint density at radius 2 is 2.05 bits per heavy atom. The lowest BCUT2D eigenvalue weighted by Gasteiger charge is -2.14. The average Bonchev–Trinajstić information content (AvgIpc) is 3.14. The topological polar surface area (TPSA) is 63.2 Å². The van der Waals surface area contributed by atoms with Crippen LogP contribution in [0.5, 0.6) is 0 Å². The van der Waals surface area contributed by atoms with Gasteiger partial charge in [0.05, 0.1) is 15.5 Å². The number of benzene rings is 1. The fourth-order valence-corrected chi connectivity index (χ4v) is 3.46. The van der Waals surface area contributed by atoms with Gasteiger partial charge in [0, 0.05) is 21.2 Å². The van der Waals surface area contributed by atoms with Crippen LogP contribution in [0.3, 0.4) is 0 Å². The molecule has 0 aromatic heterocycles. The number of hydrogen-bond acceptors (Lipinski definition) is 3. The van der Waals surface area contributed by atoms with Gasteiger partial charge in [-0.25, -0.2) is 8.42 Å². The zero-order valence-corrected chi connectivity index (χ0v) is 14.4. The van der Waals surface area contributed by atoms with Crippen molar-refractivity contribution in [1.82, 2.24) is 5.32 Å². The van der Waals surface area contributed by atoms with Gasteiger partial charge in [-0.2, -0.15) is 0 Å². The van der Waals surface area contributed by atoms with Crippen molar-refractivity contribution in [2.24, 2.45) is 5.92 Å². The molecule has 20 heavy (non-hydrogen) atoms. The molecule has 1 fully saturated rings. The summed E-state index contributed by atoms with van der Waals surface area (Å²) in [5.74, 6) is 0.0818. The molecule has 1 aliphatic carbocycles. The highest BCUT2D eigenvalue weighted by Gasteiger charge is 2.30. The number of amides is 1. The van der Waals surface area contributed by atoms with Crippen molar-refractivity contribution in [3.8, 4) is 0 Å². The van der Waals surface area contributed by atoms with Crippen LogP contribution < -0.4 is 5.32 Å². The van der Waals surface area contributed by atoms with Crippen LogP contribution in [0.2, 0.25) is 5.02 Å². The summed E-state index contributed by atoms with van der Waals surface area (Å²) in [4.78, 5) is 12.0. The van der Waals surface area contributed by atoms with Crippen molar-refractivity contribution in [3.05, 3.63) is 27.2 Å². The quantitative estimate of drug-likeness (QED) is 0.786. The first-order chi connectivity index (χ1) is 9.20. The molecule has 8 heteroatoms. The molecule has 0 radical (unpaired) electrons. The van der Waals surface area contributed by atoms with Crippen LogP contribution in [0.15, 0.2) is 21.5 Å². The van der Waals surface area contributed by atoms with Crippen LogP contribution >= 0.6 is 38.2 Å². The lowest BCUT2D eigenvalue weighted by atomic mass is 10.1. The van der Waals surface area contributed by atoms with E-state index in [1.807, 2.05) is 6.92 Å². The van der Waals surface area contributed by atoms with Gasteiger partial charge in [0.25, 0.3) is 15.0 Å². The van der Waals surface area contributed by atoms with E-state index in [2.05, 4.69) is 21.2 Å². The minimum atomic E-state index is -3.93. The van der Waals surface area contributed by atoms with Crippen LogP contribution in [0.1, 0.15) is 30.1 Å². The van der Waals surface area contributed by atoms with Crippen LogP contribution in [0, 0.1) is 5.92 Å². The van der Waals surface area contributed by atoms with Crippen molar-refractivity contribution in [2.45, 2.75) is 30.7 Å². The molecule has 1 N–H and O–H groups in total. The van der Waals surface area contributed by atoms with Gasteiger partial charge in [0.2, 0.25) is 0 Å². The molecule has 0 spiro atoms. The summed E-state index contributed by atoms with van der Waals surface area (Å²) in [6.07, 6.45) is 2.18. The average molecular weight is 401 g/mol. The molecular weight excluding hydrogens is 389 g/mol. The second kappa shape index (κ2) is 5.83. The van der Waals surface area contributed by atoms with E-state index < -0.39 is 15.0 Å². The molecule has 1 aromatic carbocycles. The minimum absolute atomic E-state index is 0.0357. The molecule has 1 aromatic rings. The third-order valence-corrected chi connectivity index (χ3v) is 5.81. The summed E-state index contributed by atoms with van der Waals surface area (Å²) in [7, 11) is 1.38. The smallest absolute Gasteiger partial charge is 0.261 e. The SMILES string of the molecule is CC(NC(=O)c1cc(S(=O)(=O)Cl)cc(Br)c1Cl)C1CC1. The van der Waals surface area contributed by atoms with Gasteiger partial charge in [-0.1, -0.05) is 11.6 Å². The zero-order chi connectivity index (χ0) is 15.1. The van der Waals surface area contributed by atoms with Crippen molar-refractivity contribution in [2.75, 3.05) is 0 Å². The van der Waals surface area contributed by atoms with Crippen molar-refractivity contribution in [3.63, 3.8) is 0 Å². The Morgan fingerprint density at radius 3 is 2.55 bits per heavy atom. The van der Waals surface area contributed by atoms with Gasteiger partial charge >= 0.3 is 0 Å². The first kappa shape index (κ1) is 16.1. The Balaban J connectivity index is 2.34. The summed E-state index contributed by atoms with van der Waals surface area (Å²) in [6.45, 7) is 1.92. The zero-order valence-electron chi connectivity index (χ0n) is 10.5. The third-order valence-electron chi connectivity index (χ3n) is 3.22. The van der Waals surface area contributed by atoms with Crippen LogP contribution in [-0.4, -0.2) is 20.4 Å². The number of carbonyl (C=O) groups excluding carboxylic acids is 1. The van der Waals surface area contributed by atoms with E-state index in [4.69, 9.17) is 22.3 Å². The van der Waals surface area contributed by atoms with Gasteiger partial charge in [-0.3, -0.25) is 4.79 Å². The summed E-state index contributed by atoms with van der Waals surface area (Å²) in [5, 5.41) is 2.98. The predicted molar refractivity (Wildman–Crippen MR) is 81.8 cm³/mol. The van der Waals surface area contributed by atoms with E-state index in [0.717, 1.165) is 12.8 Å². The summed E-state index contributed by atoms with van der Waals surface area (Å²) >= 11 is 9.17. The van der Waals surface area contributed by atoms with Crippen LogP contribution in [0.4, 0.5) is 0 Å². The molecule has 4 nitrogen and oxygen atoms in total. The van der Waals surface area contributed by atoms with Gasteiger partial charge in [0.1, 0.15) is 0 Å². The molecule has 0 heterocycles. The monoisotopic (exact) mass is 399 g/mol. The predicted octanol–water partition coefficient (Wildman–Crippen LogP) is 3.56. The van der Waals surface area contributed by atoms with Gasteiger partial charge in [-0.15, -0.1) is 0 Å². The first-order valence-corrected chi connectivity index (χ1v) is 9.42. The molecule has 1 amide bonds. The van der Waals surface area contributed by atoms with Crippen molar-refractivity contribution in [1.29, 1.82) is 0 Å². The first-order valence-electron chi connectivity index (χ1n) is 5.94. The molecule has 0 bridgehead atoms. The Labute approximate surface area is 135 Å². The highest BCUT2D eigenvalue weighted by Crippen LogP contribution is 2.34. The molecule has 110 valence electrons. The Hall–Kier alpha value is -0.300. The molecule has 1 atom stereocenters. The third kappa shape index (κ3) is 3.67. The largest absolute Gasteiger partial charge is 0.349 e. The van der Waals surface area contributed by atoms with E-state index in [0.29, 0.717) is 10.4 Å². The number of rotatable bonds is 4. The van der Waals surface area contributed by atoms with E-state index in [-0.39, 0.29) is 21.5 Å². The normalized spacial score (nSPS) is 16.8. The summed E-state index contributed by atoms with van der Waals surface area (Å²) in [5.41, 5.74) is 0.0905.